The molecule has 0 radical (unpaired) electrons. The molecule has 0 saturated heterocycles. The lowest BCUT2D eigenvalue weighted by Gasteiger charge is -2.08. The van der Waals surface area contributed by atoms with E-state index < -0.39 is 10.0 Å². The zero-order valence-corrected chi connectivity index (χ0v) is 19.4. The third-order valence-electron chi connectivity index (χ3n) is 4.75. The molecule has 8 nitrogen and oxygen atoms in total. The number of amides is 1. The van der Waals surface area contributed by atoms with Crippen LogP contribution in [-0.4, -0.2) is 42.5 Å². The van der Waals surface area contributed by atoms with Crippen molar-refractivity contribution < 1.29 is 17.6 Å². The minimum atomic E-state index is -3.50. The van der Waals surface area contributed by atoms with Gasteiger partial charge in [0.05, 0.1) is 17.8 Å². The largest absolute Gasteiger partial charge is 0.460 e. The van der Waals surface area contributed by atoms with Crippen molar-refractivity contribution >= 4 is 27.3 Å². The van der Waals surface area contributed by atoms with Crippen LogP contribution in [0.15, 0.2) is 69.4 Å². The van der Waals surface area contributed by atoms with Gasteiger partial charge in [0.25, 0.3) is 15.9 Å². The molecule has 0 aliphatic heterocycles. The summed E-state index contributed by atoms with van der Waals surface area (Å²) in [7, 11) is -0.531. The molecule has 1 aromatic carbocycles. The molecule has 0 fully saturated rings. The number of hydrogen-bond acceptors (Lipinski definition) is 6. The summed E-state index contributed by atoms with van der Waals surface area (Å²) < 4.78 is 33.3. The molecule has 0 unspecified atom stereocenters. The van der Waals surface area contributed by atoms with Gasteiger partial charge >= 0.3 is 0 Å². The summed E-state index contributed by atoms with van der Waals surface area (Å²) in [5, 5.41) is 7.43. The Hall–Kier alpha value is -3.21. The number of aryl methyl sites for hydroxylation is 1. The van der Waals surface area contributed by atoms with E-state index in [1.807, 2.05) is 43.3 Å². The zero-order valence-electron chi connectivity index (χ0n) is 17.8. The highest BCUT2D eigenvalue weighted by molar-refractivity contribution is 7.91. The van der Waals surface area contributed by atoms with Gasteiger partial charge in [-0.3, -0.25) is 4.79 Å². The van der Waals surface area contributed by atoms with Crippen LogP contribution in [0.25, 0.3) is 17.1 Å². The van der Waals surface area contributed by atoms with Crippen molar-refractivity contribution in [2.75, 3.05) is 14.1 Å². The van der Waals surface area contributed by atoms with Crippen molar-refractivity contribution in [3.63, 3.8) is 0 Å². The van der Waals surface area contributed by atoms with Crippen molar-refractivity contribution in [3.05, 3.63) is 77.0 Å². The van der Waals surface area contributed by atoms with Gasteiger partial charge in [0, 0.05) is 25.2 Å². The number of sulfonamides is 1. The summed E-state index contributed by atoms with van der Waals surface area (Å²) in [5.41, 5.74) is 1.61. The van der Waals surface area contributed by atoms with E-state index in [0.717, 1.165) is 26.2 Å². The first kappa shape index (κ1) is 22.0. The molecule has 1 amide bonds. The second kappa shape index (κ2) is 8.73. The van der Waals surface area contributed by atoms with Gasteiger partial charge in [-0.15, -0.1) is 11.3 Å². The lowest BCUT2D eigenvalue weighted by atomic mass is 10.2. The molecular weight excluding hydrogens is 448 g/mol. The van der Waals surface area contributed by atoms with Crippen molar-refractivity contribution in [1.82, 2.24) is 19.4 Å². The number of carbonyl (C=O) groups excluding carboxylic acids is 1. The van der Waals surface area contributed by atoms with Crippen LogP contribution in [0.3, 0.4) is 0 Å². The topological polar surface area (TPSA) is 97.4 Å². The zero-order chi connectivity index (χ0) is 22.9. The molecular formula is C22H22N4O4S2. The number of furan rings is 1. The van der Waals surface area contributed by atoms with Crippen LogP contribution in [0.5, 0.6) is 0 Å². The van der Waals surface area contributed by atoms with E-state index >= 15 is 0 Å². The number of rotatable bonds is 7. The van der Waals surface area contributed by atoms with Gasteiger partial charge in [-0.05, 0) is 43.3 Å². The van der Waals surface area contributed by atoms with E-state index in [1.54, 1.807) is 29.1 Å². The van der Waals surface area contributed by atoms with Crippen molar-refractivity contribution in [3.8, 4) is 17.1 Å². The number of nitrogens with one attached hydrogen (secondary N) is 1. The second-order valence-electron chi connectivity index (χ2n) is 7.27. The highest BCUT2D eigenvalue weighted by Gasteiger charge is 2.22. The molecule has 32 heavy (non-hydrogen) atoms. The maximum absolute atomic E-state index is 13.0. The van der Waals surface area contributed by atoms with E-state index in [-0.39, 0.29) is 16.7 Å². The van der Waals surface area contributed by atoms with E-state index in [9.17, 15) is 13.2 Å². The van der Waals surface area contributed by atoms with Gasteiger partial charge in [-0.1, -0.05) is 18.2 Å². The standard InChI is InChI=1S/C22H22N4O4S2/c1-15-9-11-19(30-15)21-18(14-26(24-21)16-7-5-4-6-8-16)22(27)23-13-17-10-12-20(31-17)32(28,29)25(2)3/h4-12,14H,13H2,1-3H3,(H,23,27). The molecule has 0 saturated carbocycles. The van der Waals surface area contributed by atoms with Gasteiger partial charge < -0.3 is 9.73 Å². The normalized spacial score (nSPS) is 11.8. The van der Waals surface area contributed by atoms with Gasteiger partial charge in [0.2, 0.25) is 0 Å². The summed E-state index contributed by atoms with van der Waals surface area (Å²) in [6.07, 6.45) is 1.66. The number of aromatic nitrogens is 2. The van der Waals surface area contributed by atoms with E-state index in [1.165, 1.54) is 14.1 Å². The summed E-state index contributed by atoms with van der Waals surface area (Å²) in [6.45, 7) is 2.02. The Morgan fingerprint density at radius 1 is 1.12 bits per heavy atom. The molecule has 166 valence electrons. The Kier molecular flexibility index (Phi) is 6.00. The maximum atomic E-state index is 13.0. The Balaban J connectivity index is 1.59. The van der Waals surface area contributed by atoms with Gasteiger partial charge in [0.1, 0.15) is 15.7 Å². The molecule has 4 aromatic rings. The summed E-state index contributed by atoms with van der Waals surface area (Å²) in [4.78, 5) is 13.8. The fourth-order valence-corrected chi connectivity index (χ4v) is 5.50. The number of nitrogens with zero attached hydrogens (tertiary/aromatic N) is 3. The minimum Gasteiger partial charge on any atom is -0.460 e. The molecule has 0 aliphatic carbocycles. The Labute approximate surface area is 190 Å². The quantitative estimate of drug-likeness (QED) is 0.444. The number of thiophene rings is 1. The van der Waals surface area contributed by atoms with E-state index in [4.69, 9.17) is 4.42 Å². The molecule has 0 spiro atoms. The summed E-state index contributed by atoms with van der Waals surface area (Å²) >= 11 is 1.13. The van der Waals surface area contributed by atoms with Crippen LogP contribution in [-0.2, 0) is 16.6 Å². The van der Waals surface area contributed by atoms with Gasteiger partial charge in [0.15, 0.2) is 5.76 Å². The molecule has 0 bridgehead atoms. The van der Waals surface area contributed by atoms with Crippen molar-refractivity contribution in [2.45, 2.75) is 17.7 Å². The predicted octanol–water partition coefficient (Wildman–Crippen LogP) is 3.68. The highest BCUT2D eigenvalue weighted by atomic mass is 32.2. The summed E-state index contributed by atoms with van der Waals surface area (Å²) in [5.74, 6) is 0.883. The fraction of sp³-hybridized carbons (Fsp3) is 0.182. The number of carbonyl (C=O) groups is 1. The van der Waals surface area contributed by atoms with Crippen molar-refractivity contribution in [1.29, 1.82) is 0 Å². The number of hydrogen-bond donors (Lipinski definition) is 1. The van der Waals surface area contributed by atoms with Crippen LogP contribution < -0.4 is 5.32 Å². The second-order valence-corrected chi connectivity index (χ2v) is 10.8. The first-order chi connectivity index (χ1) is 15.3. The molecule has 0 aliphatic rings. The van der Waals surface area contributed by atoms with Crippen molar-refractivity contribution in [2.24, 2.45) is 0 Å². The predicted molar refractivity (Wildman–Crippen MR) is 122 cm³/mol. The highest BCUT2D eigenvalue weighted by Crippen LogP contribution is 2.27. The Morgan fingerprint density at radius 3 is 2.53 bits per heavy atom. The Bertz CT molecular complexity index is 1350. The fourth-order valence-electron chi connectivity index (χ4n) is 3.03. The molecule has 0 atom stereocenters. The Morgan fingerprint density at radius 2 is 1.88 bits per heavy atom. The first-order valence-electron chi connectivity index (χ1n) is 9.77. The third kappa shape index (κ3) is 4.38. The van der Waals surface area contributed by atoms with Crippen LogP contribution >= 0.6 is 11.3 Å². The minimum absolute atomic E-state index is 0.194. The van der Waals surface area contributed by atoms with Crippen LogP contribution in [0, 0.1) is 6.92 Å². The average molecular weight is 471 g/mol. The molecule has 3 heterocycles. The van der Waals surface area contributed by atoms with E-state index in [2.05, 4.69) is 10.4 Å². The SMILES string of the molecule is Cc1ccc(-c2nn(-c3ccccc3)cc2C(=O)NCc2ccc(S(=O)(=O)N(C)C)s2)o1. The van der Waals surface area contributed by atoms with Crippen LogP contribution in [0.2, 0.25) is 0 Å². The molecule has 3 aromatic heterocycles. The molecule has 10 heteroatoms. The lowest BCUT2D eigenvalue weighted by molar-refractivity contribution is 0.0951. The third-order valence-corrected chi connectivity index (χ3v) is 8.12. The van der Waals surface area contributed by atoms with Gasteiger partial charge in [-0.25, -0.2) is 17.4 Å². The average Bonchev–Trinajstić information content (AvgIpc) is 3.52. The monoisotopic (exact) mass is 470 g/mol. The molecule has 1 N–H and O–H groups in total. The lowest BCUT2D eigenvalue weighted by Crippen LogP contribution is -2.22. The smallest absolute Gasteiger partial charge is 0.255 e. The van der Waals surface area contributed by atoms with Crippen LogP contribution in [0.1, 0.15) is 21.0 Å². The van der Waals surface area contributed by atoms with E-state index in [0.29, 0.717) is 22.8 Å². The number of para-hydroxylation sites is 1. The molecule has 4 rings (SSSR count). The van der Waals surface area contributed by atoms with Gasteiger partial charge in [-0.2, -0.15) is 5.10 Å². The first-order valence-corrected chi connectivity index (χ1v) is 12.0. The maximum Gasteiger partial charge on any atom is 0.255 e. The van der Waals surface area contributed by atoms with Crippen LogP contribution in [0.4, 0.5) is 0 Å². The summed E-state index contributed by atoms with van der Waals surface area (Å²) in [6, 6.07) is 16.3. The number of benzene rings is 1.